The van der Waals surface area contributed by atoms with Crippen LogP contribution < -0.4 is 27.4 Å². The SMILES string of the molecule is COc1cc(O)c(/C=C/c2cc(C)n(C)c(=O)[n+]2C)c(O)c1.[Cl-]. The Kier molecular flexibility index (Phi) is 5.81. The van der Waals surface area contributed by atoms with Crippen molar-refractivity contribution in [1.82, 2.24) is 4.57 Å². The third-order valence-corrected chi connectivity index (χ3v) is 3.61. The first-order valence-corrected chi connectivity index (χ1v) is 6.70. The van der Waals surface area contributed by atoms with Gasteiger partial charge in [-0.05, 0) is 19.1 Å². The van der Waals surface area contributed by atoms with Crippen LogP contribution in [0.2, 0.25) is 0 Å². The third kappa shape index (κ3) is 3.65. The van der Waals surface area contributed by atoms with Crippen LogP contribution in [0.1, 0.15) is 17.0 Å². The number of benzene rings is 1. The summed E-state index contributed by atoms with van der Waals surface area (Å²) in [7, 11) is 4.81. The Morgan fingerprint density at radius 1 is 1.17 bits per heavy atom. The van der Waals surface area contributed by atoms with Crippen LogP contribution in [-0.4, -0.2) is 21.9 Å². The van der Waals surface area contributed by atoms with Crippen molar-refractivity contribution in [2.24, 2.45) is 14.1 Å². The first-order chi connectivity index (χ1) is 10.3. The maximum absolute atomic E-state index is 12.0. The molecule has 0 fully saturated rings. The molecule has 0 radical (unpaired) electrons. The van der Waals surface area contributed by atoms with Gasteiger partial charge in [0.1, 0.15) is 28.6 Å². The molecule has 1 heterocycles. The van der Waals surface area contributed by atoms with E-state index in [1.54, 1.807) is 30.8 Å². The number of rotatable bonds is 3. The highest BCUT2D eigenvalue weighted by atomic mass is 35.5. The molecule has 0 saturated carbocycles. The van der Waals surface area contributed by atoms with Crippen LogP contribution >= 0.6 is 0 Å². The summed E-state index contributed by atoms with van der Waals surface area (Å²) in [6.45, 7) is 1.83. The largest absolute Gasteiger partial charge is 1.00 e. The van der Waals surface area contributed by atoms with Gasteiger partial charge in [-0.1, -0.05) is 0 Å². The van der Waals surface area contributed by atoms with E-state index in [0.717, 1.165) is 5.69 Å². The van der Waals surface area contributed by atoms with Gasteiger partial charge in [0.25, 0.3) is 0 Å². The topological polar surface area (TPSA) is 75.6 Å². The zero-order valence-electron chi connectivity index (χ0n) is 13.4. The van der Waals surface area contributed by atoms with Gasteiger partial charge in [0.15, 0.2) is 0 Å². The van der Waals surface area contributed by atoms with Gasteiger partial charge >= 0.3 is 5.69 Å². The van der Waals surface area contributed by atoms with Crippen LogP contribution in [-0.2, 0) is 14.1 Å². The Balaban J connectivity index is 0.00000264. The average molecular weight is 339 g/mol. The fraction of sp³-hybridized carbons (Fsp3) is 0.250. The summed E-state index contributed by atoms with van der Waals surface area (Å²) in [4.78, 5) is 12.0. The normalized spacial score (nSPS) is 10.6. The van der Waals surface area contributed by atoms with Gasteiger partial charge in [-0.3, -0.25) is 0 Å². The summed E-state index contributed by atoms with van der Waals surface area (Å²) in [5.41, 5.74) is 1.59. The van der Waals surface area contributed by atoms with E-state index in [4.69, 9.17) is 4.74 Å². The first-order valence-electron chi connectivity index (χ1n) is 6.70. The second kappa shape index (κ2) is 7.19. The number of hydrogen-bond acceptors (Lipinski definition) is 4. The molecule has 0 amide bonds. The Labute approximate surface area is 140 Å². The molecule has 6 nitrogen and oxygen atoms in total. The molecule has 0 unspecified atom stereocenters. The summed E-state index contributed by atoms with van der Waals surface area (Å²) in [6.07, 6.45) is 3.22. The van der Waals surface area contributed by atoms with E-state index >= 15 is 0 Å². The number of phenols is 2. The highest BCUT2D eigenvalue weighted by Gasteiger charge is 2.12. The van der Waals surface area contributed by atoms with Crippen molar-refractivity contribution >= 4 is 12.2 Å². The van der Waals surface area contributed by atoms with Crippen molar-refractivity contribution in [2.75, 3.05) is 7.11 Å². The van der Waals surface area contributed by atoms with Crippen LogP contribution in [0.15, 0.2) is 23.0 Å². The maximum Gasteiger partial charge on any atom is 0.498 e. The quantitative estimate of drug-likeness (QED) is 0.642. The third-order valence-electron chi connectivity index (χ3n) is 3.61. The number of nitrogens with zero attached hydrogens (tertiary/aromatic N) is 2. The molecule has 2 rings (SSSR count). The lowest BCUT2D eigenvalue weighted by molar-refractivity contribution is -0.692. The Morgan fingerprint density at radius 2 is 1.74 bits per heavy atom. The van der Waals surface area contributed by atoms with E-state index < -0.39 is 0 Å². The van der Waals surface area contributed by atoms with Crippen molar-refractivity contribution in [2.45, 2.75) is 6.92 Å². The lowest BCUT2D eigenvalue weighted by atomic mass is 10.1. The first kappa shape index (κ1) is 18.6. The smallest absolute Gasteiger partial charge is 0.498 e. The number of phenolic OH excluding ortho intramolecular Hbond substituents is 2. The van der Waals surface area contributed by atoms with Crippen molar-refractivity contribution < 1.29 is 31.9 Å². The molecular formula is C16H19ClN2O4. The standard InChI is InChI=1S/C16H18N2O4.ClH/c1-10-7-11(18(3)16(21)17(10)2)5-6-13-14(19)8-12(22-4)9-15(13)20;/h5-9H,1-4H3,(H,19,20);1H. The van der Waals surface area contributed by atoms with Gasteiger partial charge in [-0.25, -0.2) is 0 Å². The molecule has 0 aliphatic rings. The van der Waals surface area contributed by atoms with E-state index in [2.05, 4.69) is 0 Å². The number of aryl methyl sites for hydroxylation is 1. The number of methoxy groups -OCH3 is 1. The van der Waals surface area contributed by atoms with Crippen LogP contribution in [0.5, 0.6) is 17.2 Å². The summed E-state index contributed by atoms with van der Waals surface area (Å²) in [5.74, 6) is 0.162. The molecule has 7 heteroatoms. The lowest BCUT2D eigenvalue weighted by Gasteiger charge is -2.06. The van der Waals surface area contributed by atoms with Gasteiger partial charge in [-0.2, -0.15) is 13.9 Å². The van der Waals surface area contributed by atoms with Gasteiger partial charge in [0.2, 0.25) is 0 Å². The second-order valence-corrected chi connectivity index (χ2v) is 5.02. The van der Waals surface area contributed by atoms with Gasteiger partial charge < -0.3 is 27.4 Å². The molecule has 0 aliphatic carbocycles. The Bertz CT molecular complexity index is 789. The van der Waals surface area contributed by atoms with Crippen LogP contribution in [0.3, 0.4) is 0 Å². The van der Waals surface area contributed by atoms with E-state index in [-0.39, 0.29) is 35.2 Å². The minimum absolute atomic E-state index is 0. The number of hydrogen-bond donors (Lipinski definition) is 2. The predicted molar refractivity (Wildman–Crippen MR) is 82.8 cm³/mol. The number of halogens is 1. The lowest BCUT2D eigenvalue weighted by Crippen LogP contribution is -3.00. The van der Waals surface area contributed by atoms with Crippen LogP contribution in [0.4, 0.5) is 0 Å². The molecule has 23 heavy (non-hydrogen) atoms. The summed E-state index contributed by atoms with van der Waals surface area (Å²) in [5, 5.41) is 19.9. The maximum atomic E-state index is 12.0. The minimum atomic E-state index is -0.150. The zero-order valence-corrected chi connectivity index (χ0v) is 14.1. The molecule has 0 aliphatic heterocycles. The Hall–Kier alpha value is -2.47. The monoisotopic (exact) mass is 338 g/mol. The molecule has 0 bridgehead atoms. The number of ether oxygens (including phenoxy) is 1. The summed E-state index contributed by atoms with van der Waals surface area (Å²) in [6, 6.07) is 4.67. The molecule has 0 saturated heterocycles. The highest BCUT2D eigenvalue weighted by molar-refractivity contribution is 5.74. The van der Waals surface area contributed by atoms with Crippen molar-refractivity contribution in [3.63, 3.8) is 0 Å². The van der Waals surface area contributed by atoms with Crippen molar-refractivity contribution in [1.29, 1.82) is 0 Å². The number of aromatic hydroxyl groups is 2. The molecule has 0 atom stereocenters. The fourth-order valence-electron chi connectivity index (χ4n) is 2.11. The van der Waals surface area contributed by atoms with E-state index in [9.17, 15) is 15.0 Å². The molecule has 1 aromatic carbocycles. The van der Waals surface area contributed by atoms with Crippen molar-refractivity contribution in [3.05, 3.63) is 45.6 Å². The molecule has 0 spiro atoms. The van der Waals surface area contributed by atoms with Crippen LogP contribution in [0.25, 0.3) is 12.2 Å². The highest BCUT2D eigenvalue weighted by Crippen LogP contribution is 2.33. The second-order valence-electron chi connectivity index (χ2n) is 5.02. The van der Waals surface area contributed by atoms with Gasteiger partial charge in [0.05, 0.1) is 26.8 Å². The van der Waals surface area contributed by atoms with Crippen molar-refractivity contribution in [3.8, 4) is 17.2 Å². The van der Waals surface area contributed by atoms with Gasteiger partial charge in [-0.15, -0.1) is 0 Å². The summed E-state index contributed by atoms with van der Waals surface area (Å²) >= 11 is 0. The average Bonchev–Trinajstić information content (AvgIpc) is 2.48. The van der Waals surface area contributed by atoms with E-state index in [0.29, 0.717) is 11.4 Å². The van der Waals surface area contributed by atoms with Gasteiger partial charge in [0, 0.05) is 18.2 Å². The predicted octanol–water partition coefficient (Wildman–Crippen LogP) is -1.89. The summed E-state index contributed by atoms with van der Waals surface area (Å²) < 4.78 is 7.99. The van der Waals surface area contributed by atoms with E-state index in [1.807, 2.05) is 13.0 Å². The molecule has 124 valence electrons. The molecular weight excluding hydrogens is 320 g/mol. The van der Waals surface area contributed by atoms with Crippen LogP contribution in [0, 0.1) is 6.92 Å². The molecule has 1 aromatic heterocycles. The fourth-order valence-corrected chi connectivity index (χ4v) is 2.11. The minimum Gasteiger partial charge on any atom is -1.00 e. The zero-order chi connectivity index (χ0) is 16.4. The van der Waals surface area contributed by atoms with E-state index in [1.165, 1.54) is 23.8 Å². The Morgan fingerprint density at radius 3 is 2.26 bits per heavy atom. The number of aromatic nitrogens is 2. The molecule has 2 N–H and O–H groups in total. The molecule has 2 aromatic rings.